The number of hydrogen-bond donors (Lipinski definition) is 2. The fourth-order valence-corrected chi connectivity index (χ4v) is 1.34. The Balaban J connectivity index is 2.48. The topological polar surface area (TPSA) is 41.1 Å². The summed E-state index contributed by atoms with van der Waals surface area (Å²) in [6, 6.07) is 4.33. The minimum Gasteiger partial charge on any atom is -0.376 e. The van der Waals surface area contributed by atoms with Crippen LogP contribution in [-0.4, -0.2) is 18.5 Å². The molecule has 0 aliphatic rings. The van der Waals surface area contributed by atoms with E-state index in [4.69, 9.17) is 11.6 Å². The second-order valence-corrected chi connectivity index (χ2v) is 4.11. The third kappa shape index (κ3) is 4.06. The summed E-state index contributed by atoms with van der Waals surface area (Å²) in [4.78, 5) is 11.3. The zero-order valence-electron chi connectivity index (χ0n) is 9.18. The lowest BCUT2D eigenvalue weighted by Gasteiger charge is -2.10. The van der Waals surface area contributed by atoms with E-state index >= 15 is 0 Å². The maximum Gasteiger partial charge on any atom is 0.239 e. The van der Waals surface area contributed by atoms with E-state index in [1.165, 1.54) is 18.2 Å². The van der Waals surface area contributed by atoms with Crippen LogP contribution in [0.3, 0.4) is 0 Å². The molecule has 0 spiro atoms. The number of nitrogens with one attached hydrogen (secondary N) is 2. The number of rotatable bonds is 4. The van der Waals surface area contributed by atoms with Gasteiger partial charge in [0, 0.05) is 11.7 Å². The summed E-state index contributed by atoms with van der Waals surface area (Å²) in [5.74, 6) is -0.589. The van der Waals surface area contributed by atoms with Crippen molar-refractivity contribution in [3.63, 3.8) is 0 Å². The molecule has 1 aromatic carbocycles. The molecule has 1 amide bonds. The Hall–Kier alpha value is -1.29. The summed E-state index contributed by atoms with van der Waals surface area (Å²) < 4.78 is 12.8. The number of anilines is 1. The zero-order valence-corrected chi connectivity index (χ0v) is 9.94. The first-order valence-electron chi connectivity index (χ1n) is 4.97. The van der Waals surface area contributed by atoms with Gasteiger partial charge in [0.15, 0.2) is 0 Å². The largest absolute Gasteiger partial charge is 0.376 e. The quantitative estimate of drug-likeness (QED) is 0.854. The molecule has 0 heterocycles. The fourth-order valence-electron chi connectivity index (χ4n) is 1.16. The Labute approximate surface area is 99.0 Å². The van der Waals surface area contributed by atoms with Gasteiger partial charge in [-0.15, -0.1) is 0 Å². The van der Waals surface area contributed by atoms with E-state index in [-0.39, 0.29) is 23.5 Å². The van der Waals surface area contributed by atoms with Crippen molar-refractivity contribution in [2.45, 2.75) is 19.9 Å². The number of halogens is 2. The van der Waals surface area contributed by atoms with Crippen molar-refractivity contribution in [2.75, 3.05) is 11.9 Å². The Bertz CT molecular complexity index is 382. The van der Waals surface area contributed by atoms with Gasteiger partial charge in [-0.05, 0) is 32.0 Å². The molecule has 0 saturated carbocycles. The molecular weight excluding hydrogens is 231 g/mol. The molecule has 88 valence electrons. The van der Waals surface area contributed by atoms with Crippen LogP contribution in [0.4, 0.5) is 10.1 Å². The number of hydrogen-bond acceptors (Lipinski definition) is 2. The first-order valence-corrected chi connectivity index (χ1v) is 5.35. The summed E-state index contributed by atoms with van der Waals surface area (Å²) in [5.41, 5.74) is 0.616. The lowest BCUT2D eigenvalue weighted by molar-refractivity contribution is -0.119. The first kappa shape index (κ1) is 12.8. The van der Waals surface area contributed by atoms with E-state index in [0.717, 1.165) is 0 Å². The molecule has 2 N–H and O–H groups in total. The lowest BCUT2D eigenvalue weighted by Crippen LogP contribution is -2.34. The van der Waals surface area contributed by atoms with Crippen LogP contribution in [0.1, 0.15) is 13.8 Å². The highest BCUT2D eigenvalue weighted by atomic mass is 35.5. The predicted octanol–water partition coefficient (Wildman–Crippen LogP) is 2.42. The molecule has 16 heavy (non-hydrogen) atoms. The smallest absolute Gasteiger partial charge is 0.239 e. The molecule has 3 nitrogen and oxygen atoms in total. The molecule has 0 atom stereocenters. The molecule has 0 aliphatic heterocycles. The van der Waals surface area contributed by atoms with Gasteiger partial charge < -0.3 is 10.6 Å². The van der Waals surface area contributed by atoms with Crippen LogP contribution in [0.15, 0.2) is 18.2 Å². The standard InChI is InChI=1S/C11H14ClFN2O/c1-7(2)15-11(16)6-14-8-3-4-10(13)9(12)5-8/h3-5,7,14H,6H2,1-2H3,(H,15,16). The molecule has 0 aromatic heterocycles. The molecule has 5 heteroatoms. The molecule has 0 unspecified atom stereocenters. The second-order valence-electron chi connectivity index (χ2n) is 3.70. The Morgan fingerprint density at radius 3 is 2.75 bits per heavy atom. The third-order valence-electron chi connectivity index (χ3n) is 1.82. The second kappa shape index (κ2) is 5.70. The fraction of sp³-hybridized carbons (Fsp3) is 0.364. The summed E-state index contributed by atoms with van der Waals surface area (Å²) in [5, 5.41) is 5.62. The highest BCUT2D eigenvalue weighted by molar-refractivity contribution is 6.31. The van der Waals surface area contributed by atoms with Crippen LogP contribution in [0.5, 0.6) is 0 Å². The first-order chi connectivity index (χ1) is 7.49. The molecule has 0 aliphatic carbocycles. The van der Waals surface area contributed by atoms with Gasteiger partial charge in [-0.1, -0.05) is 11.6 Å². The molecule has 0 bridgehead atoms. The summed E-state index contributed by atoms with van der Waals surface area (Å²) in [7, 11) is 0. The summed E-state index contributed by atoms with van der Waals surface area (Å²) >= 11 is 5.60. The normalized spacial score (nSPS) is 10.3. The van der Waals surface area contributed by atoms with E-state index in [0.29, 0.717) is 5.69 Å². The van der Waals surface area contributed by atoms with Crippen LogP contribution in [0.2, 0.25) is 5.02 Å². The van der Waals surface area contributed by atoms with Gasteiger partial charge in [-0.3, -0.25) is 4.79 Å². The molecule has 1 rings (SSSR count). The van der Waals surface area contributed by atoms with E-state index in [1.807, 2.05) is 13.8 Å². The van der Waals surface area contributed by atoms with E-state index in [1.54, 1.807) is 0 Å². The molecule has 1 aromatic rings. The Morgan fingerprint density at radius 2 is 2.19 bits per heavy atom. The van der Waals surface area contributed by atoms with Crippen LogP contribution in [0.25, 0.3) is 0 Å². The third-order valence-corrected chi connectivity index (χ3v) is 2.11. The predicted molar refractivity (Wildman–Crippen MR) is 63.2 cm³/mol. The van der Waals surface area contributed by atoms with Crippen LogP contribution in [-0.2, 0) is 4.79 Å². The minimum atomic E-state index is -0.473. The zero-order chi connectivity index (χ0) is 12.1. The van der Waals surface area contributed by atoms with Crippen molar-refractivity contribution in [2.24, 2.45) is 0 Å². The Kier molecular flexibility index (Phi) is 4.55. The molecule has 0 radical (unpaired) electrons. The highest BCUT2D eigenvalue weighted by Gasteiger charge is 2.04. The number of amides is 1. The maximum atomic E-state index is 12.8. The van der Waals surface area contributed by atoms with Crippen molar-refractivity contribution in [3.8, 4) is 0 Å². The van der Waals surface area contributed by atoms with E-state index in [9.17, 15) is 9.18 Å². The summed E-state index contributed by atoms with van der Waals surface area (Å²) in [6.45, 7) is 3.90. The van der Waals surface area contributed by atoms with Gasteiger partial charge in [-0.2, -0.15) is 0 Å². The van der Waals surface area contributed by atoms with Crippen molar-refractivity contribution < 1.29 is 9.18 Å². The van der Waals surface area contributed by atoms with Gasteiger partial charge in [0.2, 0.25) is 5.91 Å². The maximum absolute atomic E-state index is 12.8. The average molecular weight is 245 g/mol. The van der Waals surface area contributed by atoms with Crippen molar-refractivity contribution >= 4 is 23.2 Å². The number of carbonyl (C=O) groups excluding carboxylic acids is 1. The van der Waals surface area contributed by atoms with E-state index < -0.39 is 5.82 Å². The van der Waals surface area contributed by atoms with E-state index in [2.05, 4.69) is 10.6 Å². The lowest BCUT2D eigenvalue weighted by atomic mass is 10.3. The van der Waals surface area contributed by atoms with Gasteiger partial charge in [0.1, 0.15) is 5.82 Å². The number of benzene rings is 1. The van der Waals surface area contributed by atoms with Crippen LogP contribution >= 0.6 is 11.6 Å². The highest BCUT2D eigenvalue weighted by Crippen LogP contribution is 2.18. The molecule has 0 saturated heterocycles. The number of carbonyl (C=O) groups is 1. The van der Waals surface area contributed by atoms with Crippen molar-refractivity contribution in [1.29, 1.82) is 0 Å². The van der Waals surface area contributed by atoms with Gasteiger partial charge >= 0.3 is 0 Å². The van der Waals surface area contributed by atoms with Gasteiger partial charge in [-0.25, -0.2) is 4.39 Å². The van der Waals surface area contributed by atoms with Gasteiger partial charge in [0.25, 0.3) is 0 Å². The SMILES string of the molecule is CC(C)NC(=O)CNc1ccc(F)c(Cl)c1. The van der Waals surface area contributed by atoms with Crippen molar-refractivity contribution in [1.82, 2.24) is 5.32 Å². The van der Waals surface area contributed by atoms with Crippen molar-refractivity contribution in [3.05, 3.63) is 29.0 Å². The Morgan fingerprint density at radius 1 is 1.50 bits per heavy atom. The summed E-state index contributed by atoms with van der Waals surface area (Å²) in [6.07, 6.45) is 0. The van der Waals surface area contributed by atoms with Crippen LogP contribution < -0.4 is 10.6 Å². The molecular formula is C11H14ClFN2O. The van der Waals surface area contributed by atoms with Gasteiger partial charge in [0.05, 0.1) is 11.6 Å². The average Bonchev–Trinajstić information content (AvgIpc) is 2.19. The molecule has 0 fully saturated rings. The minimum absolute atomic E-state index is 0.0364. The monoisotopic (exact) mass is 244 g/mol. The van der Waals surface area contributed by atoms with Crippen LogP contribution in [0, 0.1) is 5.82 Å².